The van der Waals surface area contributed by atoms with E-state index in [0.29, 0.717) is 13.0 Å². The average molecular weight is 275 g/mol. The molecule has 1 aromatic heterocycles. The summed E-state index contributed by atoms with van der Waals surface area (Å²) in [6.07, 6.45) is 3.10. The number of aryl methyl sites for hydroxylation is 1. The fourth-order valence-corrected chi connectivity index (χ4v) is 1.25. The number of rotatable bonds is 5. The zero-order valence-electron chi connectivity index (χ0n) is 8.90. The molecule has 0 aliphatic rings. The third-order valence-electron chi connectivity index (χ3n) is 1.94. The maximum Gasteiger partial charge on any atom is 0.233 e. The first-order chi connectivity index (χ1) is 7.13. The average Bonchev–Trinajstić information content (AvgIpc) is 2.63. The molecule has 0 saturated carbocycles. The SMILES string of the molecule is CCC(Br)C(=O)NCCc1ncn(C)n1. The van der Waals surface area contributed by atoms with Crippen molar-refractivity contribution in [2.75, 3.05) is 6.54 Å². The quantitative estimate of drug-likeness (QED) is 0.802. The van der Waals surface area contributed by atoms with E-state index in [1.165, 1.54) is 0 Å². The first-order valence-corrected chi connectivity index (χ1v) is 5.81. The third kappa shape index (κ3) is 3.99. The number of aromatic nitrogens is 3. The maximum atomic E-state index is 11.4. The van der Waals surface area contributed by atoms with Crippen LogP contribution in [0.2, 0.25) is 0 Å². The van der Waals surface area contributed by atoms with Crippen molar-refractivity contribution in [3.8, 4) is 0 Å². The van der Waals surface area contributed by atoms with E-state index in [1.807, 2.05) is 14.0 Å². The summed E-state index contributed by atoms with van der Waals surface area (Å²) in [7, 11) is 1.82. The molecule has 0 spiro atoms. The van der Waals surface area contributed by atoms with E-state index in [0.717, 1.165) is 12.2 Å². The minimum Gasteiger partial charge on any atom is -0.355 e. The second-order valence-corrected chi connectivity index (χ2v) is 4.36. The van der Waals surface area contributed by atoms with Gasteiger partial charge in [-0.15, -0.1) is 0 Å². The molecule has 0 radical (unpaired) electrons. The minimum absolute atomic E-state index is 0.0217. The van der Waals surface area contributed by atoms with Gasteiger partial charge in [0.1, 0.15) is 6.33 Å². The van der Waals surface area contributed by atoms with E-state index in [2.05, 4.69) is 31.3 Å². The summed E-state index contributed by atoms with van der Waals surface area (Å²) in [4.78, 5) is 15.3. The monoisotopic (exact) mass is 274 g/mol. The summed E-state index contributed by atoms with van der Waals surface area (Å²) < 4.78 is 1.65. The third-order valence-corrected chi connectivity index (χ3v) is 3.00. The standard InChI is InChI=1S/C9H15BrN4O/c1-3-7(10)9(15)11-5-4-8-12-6-14(2)13-8/h6-7H,3-5H2,1-2H3,(H,11,15). The van der Waals surface area contributed by atoms with Crippen molar-refractivity contribution in [1.29, 1.82) is 0 Å². The second-order valence-electron chi connectivity index (χ2n) is 3.25. The van der Waals surface area contributed by atoms with Crippen molar-refractivity contribution in [2.24, 2.45) is 7.05 Å². The largest absolute Gasteiger partial charge is 0.355 e. The van der Waals surface area contributed by atoms with Crippen LogP contribution in [-0.4, -0.2) is 32.0 Å². The summed E-state index contributed by atoms with van der Waals surface area (Å²) in [5.41, 5.74) is 0. The summed E-state index contributed by atoms with van der Waals surface area (Å²) in [6.45, 7) is 2.53. The van der Waals surface area contributed by atoms with Crippen molar-refractivity contribution >= 4 is 21.8 Å². The van der Waals surface area contributed by atoms with Gasteiger partial charge >= 0.3 is 0 Å². The molecule has 0 fully saturated rings. The van der Waals surface area contributed by atoms with Gasteiger partial charge in [0, 0.05) is 20.0 Å². The Morgan fingerprint density at radius 3 is 3.00 bits per heavy atom. The number of carbonyl (C=O) groups excluding carboxylic acids is 1. The van der Waals surface area contributed by atoms with Crippen LogP contribution in [0.1, 0.15) is 19.2 Å². The topological polar surface area (TPSA) is 59.8 Å². The molecule has 1 aromatic rings. The molecule has 1 N–H and O–H groups in total. The van der Waals surface area contributed by atoms with Crippen LogP contribution in [0.4, 0.5) is 0 Å². The molecule has 1 atom stereocenters. The van der Waals surface area contributed by atoms with Crippen LogP contribution in [0.5, 0.6) is 0 Å². The molecule has 0 aliphatic carbocycles. The molecule has 1 unspecified atom stereocenters. The van der Waals surface area contributed by atoms with Gasteiger partial charge in [0.05, 0.1) is 4.83 Å². The first kappa shape index (κ1) is 12.2. The second kappa shape index (κ2) is 5.85. The number of alkyl halides is 1. The Labute approximate surface area is 97.4 Å². The molecule has 15 heavy (non-hydrogen) atoms. The highest BCUT2D eigenvalue weighted by Crippen LogP contribution is 2.03. The molecule has 0 aliphatic heterocycles. The predicted octanol–water partition coefficient (Wildman–Crippen LogP) is 0.647. The molecule has 1 rings (SSSR count). The molecule has 0 saturated heterocycles. The van der Waals surface area contributed by atoms with Crippen LogP contribution in [-0.2, 0) is 18.3 Å². The lowest BCUT2D eigenvalue weighted by Gasteiger charge is -2.07. The van der Waals surface area contributed by atoms with Crippen LogP contribution >= 0.6 is 15.9 Å². The van der Waals surface area contributed by atoms with E-state index in [4.69, 9.17) is 0 Å². The number of nitrogens with zero attached hydrogens (tertiary/aromatic N) is 3. The predicted molar refractivity (Wildman–Crippen MR) is 60.7 cm³/mol. The molecule has 6 heteroatoms. The Hall–Kier alpha value is -0.910. The fraction of sp³-hybridized carbons (Fsp3) is 0.667. The summed E-state index contributed by atoms with van der Waals surface area (Å²) in [5.74, 6) is 0.772. The number of amides is 1. The van der Waals surface area contributed by atoms with Crippen molar-refractivity contribution < 1.29 is 4.79 Å². The molecule has 84 valence electrons. The van der Waals surface area contributed by atoms with Gasteiger partial charge < -0.3 is 5.32 Å². The van der Waals surface area contributed by atoms with Crippen LogP contribution in [0.15, 0.2) is 6.33 Å². The van der Waals surface area contributed by atoms with Crippen molar-refractivity contribution in [3.05, 3.63) is 12.2 Å². The highest BCUT2D eigenvalue weighted by molar-refractivity contribution is 9.10. The van der Waals surface area contributed by atoms with E-state index in [-0.39, 0.29) is 10.7 Å². The molecule has 5 nitrogen and oxygen atoms in total. The van der Waals surface area contributed by atoms with E-state index < -0.39 is 0 Å². The Kier molecular flexibility index (Phi) is 4.74. The highest BCUT2D eigenvalue weighted by Gasteiger charge is 2.11. The summed E-state index contributed by atoms with van der Waals surface area (Å²) in [6, 6.07) is 0. The minimum atomic E-state index is -0.103. The van der Waals surface area contributed by atoms with Gasteiger partial charge in [-0.1, -0.05) is 22.9 Å². The van der Waals surface area contributed by atoms with E-state index in [9.17, 15) is 4.79 Å². The van der Waals surface area contributed by atoms with Gasteiger partial charge in [-0.25, -0.2) is 4.98 Å². The van der Waals surface area contributed by atoms with E-state index in [1.54, 1.807) is 11.0 Å². The Morgan fingerprint density at radius 2 is 2.47 bits per heavy atom. The van der Waals surface area contributed by atoms with Crippen molar-refractivity contribution in [3.63, 3.8) is 0 Å². The van der Waals surface area contributed by atoms with Gasteiger partial charge in [-0.05, 0) is 6.42 Å². The van der Waals surface area contributed by atoms with E-state index >= 15 is 0 Å². The molecule has 1 amide bonds. The number of halogens is 1. The Morgan fingerprint density at radius 1 is 1.73 bits per heavy atom. The fourth-order valence-electron chi connectivity index (χ4n) is 1.09. The van der Waals surface area contributed by atoms with Crippen LogP contribution in [0, 0.1) is 0 Å². The Balaban J connectivity index is 2.24. The number of hydrogen-bond acceptors (Lipinski definition) is 3. The molecule has 0 bridgehead atoms. The van der Waals surface area contributed by atoms with Gasteiger partial charge in [0.15, 0.2) is 5.82 Å². The molecular weight excluding hydrogens is 260 g/mol. The number of carbonyl (C=O) groups is 1. The van der Waals surface area contributed by atoms with Gasteiger partial charge in [-0.3, -0.25) is 9.48 Å². The zero-order valence-corrected chi connectivity index (χ0v) is 10.5. The van der Waals surface area contributed by atoms with Crippen LogP contribution in [0.25, 0.3) is 0 Å². The maximum absolute atomic E-state index is 11.4. The number of hydrogen-bond donors (Lipinski definition) is 1. The first-order valence-electron chi connectivity index (χ1n) is 4.89. The van der Waals surface area contributed by atoms with Gasteiger partial charge in [0.2, 0.25) is 5.91 Å². The summed E-state index contributed by atoms with van der Waals surface area (Å²) >= 11 is 3.29. The molecule has 1 heterocycles. The lowest BCUT2D eigenvalue weighted by Crippen LogP contribution is -2.32. The van der Waals surface area contributed by atoms with Crippen LogP contribution in [0.3, 0.4) is 0 Å². The van der Waals surface area contributed by atoms with Crippen molar-refractivity contribution in [2.45, 2.75) is 24.6 Å². The normalized spacial score (nSPS) is 12.5. The molecule has 0 aromatic carbocycles. The smallest absolute Gasteiger partial charge is 0.233 e. The zero-order chi connectivity index (χ0) is 11.3. The van der Waals surface area contributed by atoms with Gasteiger partial charge in [0.25, 0.3) is 0 Å². The lowest BCUT2D eigenvalue weighted by molar-refractivity contribution is -0.120. The van der Waals surface area contributed by atoms with Crippen molar-refractivity contribution in [1.82, 2.24) is 20.1 Å². The highest BCUT2D eigenvalue weighted by atomic mass is 79.9. The Bertz CT molecular complexity index is 326. The molecular formula is C9H15BrN4O. The summed E-state index contributed by atoms with van der Waals surface area (Å²) in [5, 5.41) is 6.93. The van der Waals surface area contributed by atoms with Gasteiger partial charge in [-0.2, -0.15) is 5.10 Å². The number of nitrogens with one attached hydrogen (secondary N) is 1. The van der Waals surface area contributed by atoms with Crippen LogP contribution < -0.4 is 5.32 Å². The lowest BCUT2D eigenvalue weighted by atomic mass is 10.3.